The zero-order valence-electron chi connectivity index (χ0n) is 15.6. The van der Waals surface area contributed by atoms with Crippen LogP contribution in [0.3, 0.4) is 0 Å². The summed E-state index contributed by atoms with van der Waals surface area (Å²) in [6.07, 6.45) is 0. The average molecular weight is 397 g/mol. The summed E-state index contributed by atoms with van der Waals surface area (Å²) in [5, 5.41) is 63.8. The van der Waals surface area contributed by atoms with Gasteiger partial charge in [-0.3, -0.25) is 10.1 Å². The molecule has 0 amide bonds. The number of nitrogens with zero attached hydrogens (tertiary/aromatic N) is 1. The van der Waals surface area contributed by atoms with Gasteiger partial charge in [0.15, 0.2) is 0 Å². The summed E-state index contributed by atoms with van der Waals surface area (Å²) >= 11 is 0. The zero-order valence-corrected chi connectivity index (χ0v) is 15.6. The second-order valence-electron chi connectivity index (χ2n) is 6.87. The number of nitro groups is 1. The van der Waals surface area contributed by atoms with Gasteiger partial charge in [-0.15, -0.1) is 0 Å². The number of non-ortho nitro benzene ring substituents is 1. The third-order valence-corrected chi connectivity index (χ3v) is 4.67. The standard InChI is InChI=1S/C21H19NO7/c1-10-5-15(24)20(16(25)6-10)19(21-17(26)7-11(2)8-18(21)27)13-9-12(22(28)29)3-4-14(13)23/h3-9,19,23-27H,1-2H3. The van der Waals surface area contributed by atoms with Crippen molar-refractivity contribution in [2.24, 2.45) is 0 Å². The van der Waals surface area contributed by atoms with Crippen LogP contribution in [0.2, 0.25) is 0 Å². The lowest BCUT2D eigenvalue weighted by Crippen LogP contribution is -2.07. The van der Waals surface area contributed by atoms with Crippen LogP contribution < -0.4 is 0 Å². The van der Waals surface area contributed by atoms with Crippen LogP contribution in [0, 0.1) is 24.0 Å². The number of aryl methyl sites for hydroxylation is 2. The van der Waals surface area contributed by atoms with Gasteiger partial charge < -0.3 is 25.5 Å². The van der Waals surface area contributed by atoms with Gasteiger partial charge in [-0.1, -0.05) is 0 Å². The first kappa shape index (κ1) is 19.8. The fourth-order valence-electron chi connectivity index (χ4n) is 3.45. The molecule has 3 rings (SSSR count). The van der Waals surface area contributed by atoms with Crippen molar-refractivity contribution in [2.75, 3.05) is 0 Å². The molecule has 0 unspecified atom stereocenters. The van der Waals surface area contributed by atoms with Crippen molar-refractivity contribution >= 4 is 5.69 Å². The molecule has 0 aliphatic carbocycles. The van der Waals surface area contributed by atoms with E-state index in [1.165, 1.54) is 24.3 Å². The maximum absolute atomic E-state index is 11.2. The van der Waals surface area contributed by atoms with Crippen molar-refractivity contribution in [3.05, 3.63) is 80.4 Å². The van der Waals surface area contributed by atoms with E-state index in [9.17, 15) is 35.6 Å². The third kappa shape index (κ3) is 3.60. The van der Waals surface area contributed by atoms with Crippen LogP contribution in [0.5, 0.6) is 28.7 Å². The first-order valence-electron chi connectivity index (χ1n) is 8.62. The van der Waals surface area contributed by atoms with Crippen LogP contribution in [0.4, 0.5) is 5.69 Å². The van der Waals surface area contributed by atoms with Crippen molar-refractivity contribution in [2.45, 2.75) is 19.8 Å². The van der Waals surface area contributed by atoms with Crippen molar-refractivity contribution in [3.63, 3.8) is 0 Å². The molecule has 29 heavy (non-hydrogen) atoms. The highest BCUT2D eigenvalue weighted by Gasteiger charge is 2.32. The largest absolute Gasteiger partial charge is 0.508 e. The van der Waals surface area contributed by atoms with Gasteiger partial charge in [-0.2, -0.15) is 0 Å². The van der Waals surface area contributed by atoms with Crippen molar-refractivity contribution < 1.29 is 30.5 Å². The van der Waals surface area contributed by atoms with E-state index in [-0.39, 0.29) is 51.1 Å². The van der Waals surface area contributed by atoms with Crippen LogP contribution in [0.15, 0.2) is 42.5 Å². The molecule has 0 saturated heterocycles. The minimum absolute atomic E-state index is 0.0805. The highest BCUT2D eigenvalue weighted by molar-refractivity contribution is 5.64. The van der Waals surface area contributed by atoms with E-state index in [1.54, 1.807) is 13.8 Å². The van der Waals surface area contributed by atoms with Crippen LogP contribution in [0.25, 0.3) is 0 Å². The Morgan fingerprint density at radius 2 is 1.14 bits per heavy atom. The monoisotopic (exact) mass is 397 g/mol. The van der Waals surface area contributed by atoms with E-state index in [1.807, 2.05) is 0 Å². The summed E-state index contributed by atoms with van der Waals surface area (Å²) in [5.41, 5.74) is 0.413. The number of rotatable bonds is 4. The van der Waals surface area contributed by atoms with E-state index >= 15 is 0 Å². The molecule has 0 radical (unpaired) electrons. The van der Waals surface area contributed by atoms with Gasteiger partial charge in [0, 0.05) is 28.8 Å². The normalized spacial score (nSPS) is 11.0. The lowest BCUT2D eigenvalue weighted by molar-refractivity contribution is -0.384. The third-order valence-electron chi connectivity index (χ3n) is 4.67. The van der Waals surface area contributed by atoms with Gasteiger partial charge in [-0.25, -0.2) is 0 Å². The summed E-state index contributed by atoms with van der Waals surface area (Å²) in [6.45, 7) is 3.29. The number of hydrogen-bond acceptors (Lipinski definition) is 7. The van der Waals surface area contributed by atoms with Crippen LogP contribution in [-0.2, 0) is 0 Å². The van der Waals surface area contributed by atoms with Gasteiger partial charge in [-0.05, 0) is 55.3 Å². The number of benzene rings is 3. The Balaban J connectivity index is 2.43. The summed E-state index contributed by atoms with van der Waals surface area (Å²) < 4.78 is 0. The van der Waals surface area contributed by atoms with E-state index in [2.05, 4.69) is 0 Å². The lowest BCUT2D eigenvalue weighted by atomic mass is 9.81. The van der Waals surface area contributed by atoms with E-state index < -0.39 is 10.8 Å². The van der Waals surface area contributed by atoms with E-state index in [0.717, 1.165) is 18.2 Å². The van der Waals surface area contributed by atoms with Gasteiger partial charge in [0.05, 0.1) is 10.8 Å². The molecule has 0 saturated carbocycles. The molecule has 0 aliphatic rings. The fourth-order valence-corrected chi connectivity index (χ4v) is 3.45. The maximum Gasteiger partial charge on any atom is 0.270 e. The predicted molar refractivity (Wildman–Crippen MR) is 105 cm³/mol. The van der Waals surface area contributed by atoms with Crippen molar-refractivity contribution in [1.29, 1.82) is 0 Å². The Morgan fingerprint density at radius 1 is 0.724 bits per heavy atom. The molecule has 3 aromatic carbocycles. The first-order chi connectivity index (χ1) is 13.6. The van der Waals surface area contributed by atoms with Gasteiger partial charge in [0.25, 0.3) is 5.69 Å². The molecule has 3 aromatic rings. The summed E-state index contributed by atoms with van der Waals surface area (Å²) in [5.74, 6) is -3.12. The highest BCUT2D eigenvalue weighted by atomic mass is 16.6. The summed E-state index contributed by atoms with van der Waals surface area (Å²) in [4.78, 5) is 10.6. The topological polar surface area (TPSA) is 144 Å². The average Bonchev–Trinajstić information content (AvgIpc) is 2.59. The molecule has 0 spiro atoms. The Bertz CT molecular complexity index is 1020. The van der Waals surface area contributed by atoms with E-state index in [0.29, 0.717) is 11.1 Å². The number of nitro benzene ring substituents is 1. The smallest absolute Gasteiger partial charge is 0.270 e. The lowest BCUT2D eigenvalue weighted by Gasteiger charge is -2.24. The minimum Gasteiger partial charge on any atom is -0.508 e. The number of phenols is 5. The molecule has 150 valence electrons. The Labute approximate surface area is 165 Å². The Morgan fingerprint density at radius 3 is 1.52 bits per heavy atom. The number of aromatic hydroxyl groups is 5. The van der Waals surface area contributed by atoms with Crippen molar-refractivity contribution in [3.8, 4) is 28.7 Å². The Hall–Kier alpha value is -3.94. The molecule has 8 nitrogen and oxygen atoms in total. The molecule has 0 bridgehead atoms. The zero-order chi connectivity index (χ0) is 21.5. The minimum atomic E-state index is -1.30. The molecular weight excluding hydrogens is 378 g/mol. The number of hydrogen-bond donors (Lipinski definition) is 5. The molecule has 0 aromatic heterocycles. The van der Waals surface area contributed by atoms with Crippen LogP contribution >= 0.6 is 0 Å². The predicted octanol–water partition coefficient (Wildman–Crippen LogP) is 3.92. The maximum atomic E-state index is 11.2. The molecule has 8 heteroatoms. The molecular formula is C21H19NO7. The first-order valence-corrected chi connectivity index (χ1v) is 8.62. The van der Waals surface area contributed by atoms with Gasteiger partial charge >= 0.3 is 0 Å². The molecule has 0 aliphatic heterocycles. The molecule has 0 heterocycles. The highest BCUT2D eigenvalue weighted by Crippen LogP contribution is 2.50. The molecule has 5 N–H and O–H groups in total. The van der Waals surface area contributed by atoms with E-state index in [4.69, 9.17) is 0 Å². The number of phenolic OH excluding ortho intramolecular Hbond substituents is 5. The fraction of sp³-hybridized carbons (Fsp3) is 0.143. The van der Waals surface area contributed by atoms with Crippen molar-refractivity contribution in [1.82, 2.24) is 0 Å². The Kier molecular flexibility index (Phi) is 4.94. The summed E-state index contributed by atoms with van der Waals surface area (Å²) in [7, 11) is 0. The molecule has 0 fully saturated rings. The SMILES string of the molecule is Cc1cc(O)c(C(c2cc([N+](=O)[O-])ccc2O)c2c(O)cc(C)cc2O)c(O)c1. The van der Waals surface area contributed by atoms with Gasteiger partial charge in [0.2, 0.25) is 0 Å². The van der Waals surface area contributed by atoms with Crippen LogP contribution in [0.1, 0.15) is 33.7 Å². The second kappa shape index (κ2) is 7.23. The molecule has 0 atom stereocenters. The quantitative estimate of drug-likeness (QED) is 0.255. The van der Waals surface area contributed by atoms with Crippen LogP contribution in [-0.4, -0.2) is 30.5 Å². The second-order valence-corrected chi connectivity index (χ2v) is 6.87. The summed E-state index contributed by atoms with van der Waals surface area (Å²) in [6, 6.07) is 8.71. The van der Waals surface area contributed by atoms with Gasteiger partial charge in [0.1, 0.15) is 28.7 Å².